The van der Waals surface area contributed by atoms with Gasteiger partial charge in [0.1, 0.15) is 0 Å². The zero-order chi connectivity index (χ0) is 23.6. The highest BCUT2D eigenvalue weighted by Crippen LogP contribution is 2.29. The number of carbonyl (C=O) groups excluding carboxylic acids is 1. The van der Waals surface area contributed by atoms with Crippen LogP contribution in [0.15, 0.2) is 36.7 Å². The highest BCUT2D eigenvalue weighted by molar-refractivity contribution is 5.96. The van der Waals surface area contributed by atoms with Crippen molar-refractivity contribution >= 4 is 17.2 Å². The molecule has 0 aliphatic heterocycles. The van der Waals surface area contributed by atoms with Crippen LogP contribution < -0.4 is 10.6 Å². The molecule has 1 aliphatic carbocycles. The normalized spacial score (nSPS) is 14.0. The monoisotopic (exact) mass is 460 g/mol. The van der Waals surface area contributed by atoms with Gasteiger partial charge in [0.15, 0.2) is 5.65 Å². The molecule has 4 rings (SSSR count). The van der Waals surface area contributed by atoms with Gasteiger partial charge in [-0.2, -0.15) is 13.2 Å². The minimum atomic E-state index is -4.25. The van der Waals surface area contributed by atoms with Crippen molar-refractivity contribution in [2.75, 3.05) is 18.5 Å². The Balaban J connectivity index is 1.66. The van der Waals surface area contributed by atoms with Crippen molar-refractivity contribution in [1.82, 2.24) is 14.7 Å². The number of nitrogens with zero attached hydrogens (tertiary/aromatic N) is 2. The Labute approximate surface area is 189 Å². The molecule has 0 unspecified atom stereocenters. The number of carbonyl (C=O) groups is 1. The molecule has 0 saturated heterocycles. The summed E-state index contributed by atoms with van der Waals surface area (Å²) in [6.45, 7) is 1.65. The molecule has 6 nitrogen and oxygen atoms in total. The van der Waals surface area contributed by atoms with Gasteiger partial charge in [0.25, 0.3) is 5.91 Å². The number of aryl methyl sites for hydroxylation is 2. The third kappa shape index (κ3) is 5.65. The molecular weight excluding hydrogens is 433 g/mol. The molecule has 3 aromatic rings. The van der Waals surface area contributed by atoms with E-state index in [9.17, 15) is 23.1 Å². The van der Waals surface area contributed by atoms with E-state index in [2.05, 4.69) is 15.6 Å². The van der Waals surface area contributed by atoms with Crippen LogP contribution in [0.2, 0.25) is 0 Å². The zero-order valence-corrected chi connectivity index (χ0v) is 18.4. The summed E-state index contributed by atoms with van der Waals surface area (Å²) in [7, 11) is 0. The summed E-state index contributed by atoms with van der Waals surface area (Å²) in [6, 6.07) is 7.63. The average molecular weight is 461 g/mol. The Kier molecular flexibility index (Phi) is 6.60. The summed E-state index contributed by atoms with van der Waals surface area (Å²) < 4.78 is 39.7. The van der Waals surface area contributed by atoms with Gasteiger partial charge in [-0.3, -0.25) is 9.20 Å². The van der Waals surface area contributed by atoms with Gasteiger partial charge >= 0.3 is 6.18 Å². The highest BCUT2D eigenvalue weighted by Gasteiger charge is 2.27. The van der Waals surface area contributed by atoms with Gasteiger partial charge < -0.3 is 15.7 Å². The van der Waals surface area contributed by atoms with Gasteiger partial charge in [-0.25, -0.2) is 4.98 Å². The number of aromatic nitrogens is 2. The number of aliphatic hydroxyl groups is 1. The molecule has 1 fully saturated rings. The standard InChI is InChI=1S/C24H27F3N4O2/c1-15-11-17(4-7-19(15)23(33)30-18-5-6-18)21-13-29-22-20(28-9-8-24(25,26)27)12-16(3-2-10-32)14-31(21)22/h4,7,11-14,18,28,32H,2-3,5-6,8-10H2,1H3,(H,30,33). The van der Waals surface area contributed by atoms with Crippen LogP contribution in [0.4, 0.5) is 18.9 Å². The maximum atomic E-state index is 12.6. The van der Waals surface area contributed by atoms with Crippen molar-refractivity contribution in [2.24, 2.45) is 0 Å². The first-order valence-electron chi connectivity index (χ1n) is 11.1. The smallest absolute Gasteiger partial charge is 0.390 e. The zero-order valence-electron chi connectivity index (χ0n) is 18.4. The first-order chi connectivity index (χ1) is 15.7. The van der Waals surface area contributed by atoms with Crippen molar-refractivity contribution < 1.29 is 23.1 Å². The fraction of sp³-hybridized carbons (Fsp3) is 0.417. The number of hydrogen-bond donors (Lipinski definition) is 3. The van der Waals surface area contributed by atoms with Crippen molar-refractivity contribution in [2.45, 2.75) is 51.2 Å². The van der Waals surface area contributed by atoms with Gasteiger partial charge in [-0.05, 0) is 61.9 Å². The second kappa shape index (κ2) is 9.43. The largest absolute Gasteiger partial charge is 0.396 e. The first-order valence-corrected chi connectivity index (χ1v) is 11.1. The molecule has 1 aromatic carbocycles. The Bertz CT molecular complexity index is 1150. The number of anilines is 1. The van der Waals surface area contributed by atoms with Crippen molar-refractivity contribution in [1.29, 1.82) is 0 Å². The predicted molar refractivity (Wildman–Crippen MR) is 120 cm³/mol. The van der Waals surface area contributed by atoms with Gasteiger partial charge in [-0.1, -0.05) is 6.07 Å². The summed E-state index contributed by atoms with van der Waals surface area (Å²) in [4.78, 5) is 16.9. The SMILES string of the molecule is Cc1cc(-c2cnc3c(NCCC(F)(F)F)cc(CCCO)cn23)ccc1C(=O)NC1CC1. The van der Waals surface area contributed by atoms with E-state index in [1.54, 1.807) is 18.3 Å². The fourth-order valence-corrected chi connectivity index (χ4v) is 3.81. The van der Waals surface area contributed by atoms with Gasteiger partial charge in [0.2, 0.25) is 0 Å². The lowest BCUT2D eigenvalue weighted by molar-refractivity contribution is -0.131. The molecule has 0 spiro atoms. The molecule has 0 atom stereocenters. The molecule has 0 bridgehead atoms. The van der Waals surface area contributed by atoms with Gasteiger partial charge in [-0.15, -0.1) is 0 Å². The van der Waals surface area contributed by atoms with E-state index in [-0.39, 0.29) is 25.1 Å². The minimum Gasteiger partial charge on any atom is -0.396 e. The molecule has 176 valence electrons. The molecule has 9 heteroatoms. The van der Waals surface area contributed by atoms with Gasteiger partial charge in [0, 0.05) is 36.5 Å². The number of alkyl halides is 3. The third-order valence-electron chi connectivity index (χ3n) is 5.69. The molecule has 1 aliphatic rings. The Morgan fingerprint density at radius 3 is 2.73 bits per heavy atom. The van der Waals surface area contributed by atoms with E-state index >= 15 is 0 Å². The first kappa shape index (κ1) is 23.1. The minimum absolute atomic E-state index is 0.0231. The summed E-state index contributed by atoms with van der Waals surface area (Å²) >= 11 is 0. The maximum absolute atomic E-state index is 12.6. The topological polar surface area (TPSA) is 78.7 Å². The third-order valence-corrected chi connectivity index (χ3v) is 5.69. The van der Waals surface area contributed by atoms with Crippen LogP contribution in [0.1, 0.15) is 47.2 Å². The Hall–Kier alpha value is -3.07. The van der Waals surface area contributed by atoms with Crippen molar-refractivity contribution in [3.8, 4) is 11.3 Å². The number of benzene rings is 1. The van der Waals surface area contributed by atoms with Crippen molar-refractivity contribution in [3.63, 3.8) is 0 Å². The molecule has 1 saturated carbocycles. The molecular formula is C24H27F3N4O2. The van der Waals surface area contributed by atoms with Crippen LogP contribution in [0, 0.1) is 6.92 Å². The Morgan fingerprint density at radius 1 is 1.27 bits per heavy atom. The quantitative estimate of drug-likeness (QED) is 0.440. The van der Waals surface area contributed by atoms with Gasteiger partial charge in [0.05, 0.1) is 24.0 Å². The van der Waals surface area contributed by atoms with Crippen LogP contribution in [0.5, 0.6) is 0 Å². The van der Waals surface area contributed by atoms with Crippen LogP contribution in [-0.4, -0.2) is 45.8 Å². The van der Waals surface area contributed by atoms with Crippen molar-refractivity contribution in [3.05, 3.63) is 53.3 Å². The number of imidazole rings is 1. The van der Waals surface area contributed by atoms with E-state index in [4.69, 9.17) is 0 Å². The maximum Gasteiger partial charge on any atom is 0.390 e. The molecule has 2 aromatic heterocycles. The van der Waals surface area contributed by atoms with E-state index < -0.39 is 12.6 Å². The second-order valence-electron chi connectivity index (χ2n) is 8.50. The molecule has 2 heterocycles. The number of rotatable bonds is 9. The average Bonchev–Trinajstić information content (AvgIpc) is 3.46. The molecule has 0 radical (unpaired) electrons. The fourth-order valence-electron chi connectivity index (χ4n) is 3.81. The molecule has 3 N–H and O–H groups in total. The number of pyridine rings is 1. The summed E-state index contributed by atoms with van der Waals surface area (Å²) in [5.41, 5.74) is 4.99. The van der Waals surface area contributed by atoms with Crippen LogP contribution in [0.3, 0.4) is 0 Å². The van der Waals surface area contributed by atoms with E-state index in [0.717, 1.165) is 35.2 Å². The lowest BCUT2D eigenvalue weighted by Gasteiger charge is -2.13. The Morgan fingerprint density at radius 2 is 2.06 bits per heavy atom. The van der Waals surface area contributed by atoms with E-state index in [1.807, 2.05) is 29.7 Å². The van der Waals surface area contributed by atoms with Crippen LogP contribution in [0.25, 0.3) is 16.9 Å². The number of amides is 1. The highest BCUT2D eigenvalue weighted by atomic mass is 19.4. The predicted octanol–water partition coefficient (Wildman–Crippen LogP) is 4.49. The number of nitrogens with one attached hydrogen (secondary N) is 2. The second-order valence-corrected chi connectivity index (χ2v) is 8.50. The summed E-state index contributed by atoms with van der Waals surface area (Å²) in [6.07, 6.45) is 1.54. The number of fused-ring (bicyclic) bond motifs is 1. The lowest BCUT2D eigenvalue weighted by atomic mass is 10.0. The van der Waals surface area contributed by atoms with Crippen LogP contribution in [-0.2, 0) is 6.42 Å². The summed E-state index contributed by atoms with van der Waals surface area (Å²) in [5, 5.41) is 15.1. The van der Waals surface area contributed by atoms with E-state index in [1.165, 1.54) is 0 Å². The number of halogens is 3. The number of aliphatic hydroxyl groups excluding tert-OH is 1. The van der Waals surface area contributed by atoms with Crippen LogP contribution >= 0.6 is 0 Å². The molecule has 33 heavy (non-hydrogen) atoms. The lowest BCUT2D eigenvalue weighted by Crippen LogP contribution is -2.26. The van der Waals surface area contributed by atoms with E-state index in [0.29, 0.717) is 29.7 Å². The summed E-state index contributed by atoms with van der Waals surface area (Å²) in [5.74, 6) is -0.0814. The number of hydrogen-bond acceptors (Lipinski definition) is 4. The molecule has 1 amide bonds.